The second-order valence-electron chi connectivity index (χ2n) is 7.09. The Morgan fingerprint density at radius 3 is 2.73 bits per heavy atom. The van der Waals surface area contributed by atoms with Gasteiger partial charge in [-0.2, -0.15) is 0 Å². The molecule has 1 unspecified atom stereocenters. The predicted molar refractivity (Wildman–Crippen MR) is 112 cm³/mol. The standard InChI is InChI=1S/C24H23NO5/c1-25-12-11-17-13-20-22(30-15-29-20)23(27-2)21(17)18(19(14-25)24(26)28-3)10-9-16-7-5-4-6-8-16/h4-8,13-14,18H,11-12,15H2,1-3H3/b19-14+. The van der Waals surface area contributed by atoms with Crippen LogP contribution in [0.15, 0.2) is 48.2 Å². The fraction of sp³-hybridized carbons (Fsp3) is 0.292. The molecule has 0 saturated carbocycles. The molecule has 0 bridgehead atoms. The van der Waals surface area contributed by atoms with Crippen LogP contribution in [0.2, 0.25) is 0 Å². The lowest BCUT2D eigenvalue weighted by atomic mass is 9.84. The molecule has 2 aromatic carbocycles. The van der Waals surface area contributed by atoms with Gasteiger partial charge in [0.2, 0.25) is 12.5 Å². The number of esters is 1. The molecule has 0 N–H and O–H groups in total. The van der Waals surface area contributed by atoms with Gasteiger partial charge >= 0.3 is 5.97 Å². The lowest BCUT2D eigenvalue weighted by molar-refractivity contribution is -0.136. The fourth-order valence-electron chi connectivity index (χ4n) is 3.75. The van der Waals surface area contributed by atoms with E-state index in [9.17, 15) is 4.79 Å². The van der Waals surface area contributed by atoms with E-state index in [4.69, 9.17) is 18.9 Å². The highest BCUT2D eigenvalue weighted by molar-refractivity contribution is 5.91. The van der Waals surface area contributed by atoms with Crippen molar-refractivity contribution in [2.75, 3.05) is 34.6 Å². The van der Waals surface area contributed by atoms with Crippen molar-refractivity contribution in [3.63, 3.8) is 0 Å². The van der Waals surface area contributed by atoms with Crippen LogP contribution < -0.4 is 14.2 Å². The third-order valence-electron chi connectivity index (χ3n) is 5.20. The number of carbonyl (C=O) groups excluding carboxylic acids is 1. The van der Waals surface area contributed by atoms with Crippen LogP contribution in [0, 0.1) is 11.8 Å². The molecule has 0 aliphatic carbocycles. The van der Waals surface area contributed by atoms with Gasteiger partial charge in [0.05, 0.1) is 25.7 Å². The minimum atomic E-state index is -0.556. The van der Waals surface area contributed by atoms with Gasteiger partial charge < -0.3 is 23.8 Å². The van der Waals surface area contributed by atoms with Crippen molar-refractivity contribution in [2.45, 2.75) is 12.3 Å². The van der Waals surface area contributed by atoms with Crippen LogP contribution in [0.5, 0.6) is 17.2 Å². The molecule has 6 heteroatoms. The van der Waals surface area contributed by atoms with Crippen molar-refractivity contribution in [1.29, 1.82) is 0 Å². The Balaban J connectivity index is 1.96. The summed E-state index contributed by atoms with van der Waals surface area (Å²) in [6.45, 7) is 0.851. The zero-order chi connectivity index (χ0) is 21.1. The summed E-state index contributed by atoms with van der Waals surface area (Å²) in [6, 6.07) is 11.6. The molecule has 2 aromatic rings. The molecular weight excluding hydrogens is 382 g/mol. The van der Waals surface area contributed by atoms with Crippen molar-refractivity contribution in [2.24, 2.45) is 0 Å². The number of carbonyl (C=O) groups is 1. The largest absolute Gasteiger partial charge is 0.492 e. The first-order valence-corrected chi connectivity index (χ1v) is 9.68. The molecule has 2 heterocycles. The Hall–Kier alpha value is -3.59. The van der Waals surface area contributed by atoms with Gasteiger partial charge in [-0.25, -0.2) is 4.79 Å². The van der Waals surface area contributed by atoms with Gasteiger partial charge in [-0.3, -0.25) is 0 Å². The number of hydrogen-bond acceptors (Lipinski definition) is 6. The highest BCUT2D eigenvalue weighted by atomic mass is 16.7. The number of ether oxygens (including phenoxy) is 4. The first kappa shape index (κ1) is 19.7. The Bertz CT molecular complexity index is 1050. The smallest absolute Gasteiger partial charge is 0.336 e. The Labute approximate surface area is 176 Å². The highest BCUT2D eigenvalue weighted by Gasteiger charge is 2.34. The quantitative estimate of drug-likeness (QED) is 0.565. The van der Waals surface area contributed by atoms with Crippen LogP contribution in [-0.4, -0.2) is 45.5 Å². The highest BCUT2D eigenvalue weighted by Crippen LogP contribution is 2.49. The second kappa shape index (κ2) is 8.42. The van der Waals surface area contributed by atoms with Crippen molar-refractivity contribution < 1.29 is 23.7 Å². The normalized spacial score (nSPS) is 18.7. The molecule has 4 rings (SSSR count). The average Bonchev–Trinajstić information content (AvgIpc) is 3.24. The number of hydrogen-bond donors (Lipinski definition) is 0. The minimum absolute atomic E-state index is 0.133. The van der Waals surface area contributed by atoms with E-state index in [0.717, 1.165) is 29.7 Å². The zero-order valence-corrected chi connectivity index (χ0v) is 17.2. The summed E-state index contributed by atoms with van der Waals surface area (Å²) >= 11 is 0. The molecule has 0 saturated heterocycles. The molecule has 2 aliphatic rings. The number of fused-ring (bicyclic) bond motifs is 2. The summed E-state index contributed by atoms with van der Waals surface area (Å²) in [4.78, 5) is 14.7. The molecule has 30 heavy (non-hydrogen) atoms. The summed E-state index contributed by atoms with van der Waals surface area (Å²) in [5, 5.41) is 0. The van der Waals surface area contributed by atoms with E-state index in [1.165, 1.54) is 7.11 Å². The lowest BCUT2D eigenvalue weighted by Gasteiger charge is -2.27. The first-order valence-electron chi connectivity index (χ1n) is 9.68. The van der Waals surface area contributed by atoms with Crippen molar-refractivity contribution >= 4 is 5.97 Å². The van der Waals surface area contributed by atoms with E-state index < -0.39 is 11.9 Å². The van der Waals surface area contributed by atoms with Crippen LogP contribution in [0.25, 0.3) is 0 Å². The number of rotatable bonds is 2. The zero-order valence-electron chi connectivity index (χ0n) is 17.2. The van der Waals surface area contributed by atoms with Crippen LogP contribution >= 0.6 is 0 Å². The summed E-state index contributed by atoms with van der Waals surface area (Å²) < 4.78 is 22.1. The number of benzene rings is 2. The Morgan fingerprint density at radius 1 is 1.20 bits per heavy atom. The minimum Gasteiger partial charge on any atom is -0.492 e. The van der Waals surface area contributed by atoms with E-state index in [0.29, 0.717) is 22.8 Å². The maximum Gasteiger partial charge on any atom is 0.336 e. The van der Waals surface area contributed by atoms with Gasteiger partial charge in [-0.1, -0.05) is 30.0 Å². The van der Waals surface area contributed by atoms with Crippen LogP contribution in [0.4, 0.5) is 0 Å². The van der Waals surface area contributed by atoms with Gasteiger partial charge in [-0.15, -0.1) is 0 Å². The first-order chi connectivity index (χ1) is 14.6. The average molecular weight is 405 g/mol. The number of nitrogens with zero attached hydrogens (tertiary/aromatic N) is 1. The van der Waals surface area contributed by atoms with E-state index in [2.05, 4.69) is 11.8 Å². The van der Waals surface area contributed by atoms with Crippen LogP contribution in [0.1, 0.15) is 22.6 Å². The van der Waals surface area contributed by atoms with Gasteiger partial charge in [0.1, 0.15) is 0 Å². The van der Waals surface area contributed by atoms with Crippen LogP contribution in [-0.2, 0) is 16.0 Å². The SMILES string of the molecule is COC(=O)/C1=C/N(C)CCc2cc3c(c(OC)c2C1C#Cc1ccccc1)OCO3. The third kappa shape index (κ3) is 3.67. The molecule has 0 fully saturated rings. The van der Waals surface area contributed by atoms with Crippen molar-refractivity contribution in [3.05, 3.63) is 64.9 Å². The number of methoxy groups -OCH3 is 2. The maximum atomic E-state index is 12.8. The summed E-state index contributed by atoms with van der Waals surface area (Å²) in [6.07, 6.45) is 2.55. The van der Waals surface area contributed by atoms with E-state index in [1.54, 1.807) is 7.11 Å². The van der Waals surface area contributed by atoms with E-state index in [-0.39, 0.29) is 6.79 Å². The van der Waals surface area contributed by atoms with E-state index in [1.807, 2.05) is 54.5 Å². The third-order valence-corrected chi connectivity index (χ3v) is 5.20. The summed E-state index contributed by atoms with van der Waals surface area (Å²) in [5.41, 5.74) is 3.12. The van der Waals surface area contributed by atoms with Crippen LogP contribution in [0.3, 0.4) is 0 Å². The van der Waals surface area contributed by atoms with Gasteiger partial charge in [0.25, 0.3) is 0 Å². The Kier molecular flexibility index (Phi) is 5.53. The Morgan fingerprint density at radius 2 is 2.00 bits per heavy atom. The molecule has 0 aromatic heterocycles. The van der Waals surface area contributed by atoms with Gasteiger partial charge in [0.15, 0.2) is 11.5 Å². The molecule has 0 spiro atoms. The molecule has 0 amide bonds. The lowest BCUT2D eigenvalue weighted by Crippen LogP contribution is -2.24. The van der Waals surface area contributed by atoms with Gasteiger partial charge in [-0.05, 0) is 30.2 Å². The fourth-order valence-corrected chi connectivity index (χ4v) is 3.75. The van der Waals surface area contributed by atoms with Crippen molar-refractivity contribution in [1.82, 2.24) is 4.90 Å². The molecule has 154 valence electrons. The molecule has 2 aliphatic heterocycles. The van der Waals surface area contributed by atoms with Crippen molar-refractivity contribution in [3.8, 4) is 29.1 Å². The molecule has 1 atom stereocenters. The van der Waals surface area contributed by atoms with Gasteiger partial charge in [0, 0.05) is 30.9 Å². The predicted octanol–water partition coefficient (Wildman–Crippen LogP) is 3.10. The monoisotopic (exact) mass is 405 g/mol. The number of likely N-dealkylation sites (N-methyl/N-ethyl adjacent to an activating group) is 1. The molecule has 0 radical (unpaired) electrons. The molecule has 6 nitrogen and oxygen atoms in total. The topological polar surface area (TPSA) is 57.2 Å². The summed E-state index contributed by atoms with van der Waals surface area (Å²) in [7, 11) is 4.90. The summed E-state index contributed by atoms with van der Waals surface area (Å²) in [5.74, 6) is 7.24. The molecular formula is C24H23NO5. The van der Waals surface area contributed by atoms with E-state index >= 15 is 0 Å². The second-order valence-corrected chi connectivity index (χ2v) is 7.09. The maximum absolute atomic E-state index is 12.8.